The van der Waals surface area contributed by atoms with Gasteiger partial charge in [-0.15, -0.1) is 0 Å². The Bertz CT molecular complexity index is 1620. The zero-order chi connectivity index (χ0) is 26.2. The Kier molecular flexibility index (Phi) is 6.96. The lowest BCUT2D eigenvalue weighted by atomic mass is 10.0. The van der Waals surface area contributed by atoms with Crippen LogP contribution in [0.5, 0.6) is 11.6 Å². The first kappa shape index (κ1) is 25.3. The summed E-state index contributed by atoms with van der Waals surface area (Å²) in [6, 6.07) is 17.4. The zero-order valence-corrected chi connectivity index (χ0v) is 22.5. The van der Waals surface area contributed by atoms with Crippen molar-refractivity contribution in [2.75, 3.05) is 12.9 Å². The van der Waals surface area contributed by atoms with Gasteiger partial charge >= 0.3 is 0 Å². The van der Waals surface area contributed by atoms with Gasteiger partial charge in [-0.1, -0.05) is 48.0 Å². The van der Waals surface area contributed by atoms with Crippen molar-refractivity contribution in [1.29, 1.82) is 0 Å². The van der Waals surface area contributed by atoms with Crippen LogP contribution in [0, 0.1) is 0 Å². The molecule has 0 saturated carbocycles. The van der Waals surface area contributed by atoms with Crippen molar-refractivity contribution in [3.63, 3.8) is 0 Å². The van der Waals surface area contributed by atoms with Crippen LogP contribution in [0.3, 0.4) is 0 Å². The number of carbonyl (C=O) groups is 1. The molecular formula is C28H28ClN3O4S. The smallest absolute Gasteiger partial charge is 0.223 e. The highest BCUT2D eigenvalue weighted by Crippen LogP contribution is 2.41. The van der Waals surface area contributed by atoms with E-state index in [0.29, 0.717) is 17.4 Å². The van der Waals surface area contributed by atoms with Crippen LogP contribution in [-0.2, 0) is 23.4 Å². The highest BCUT2D eigenvalue weighted by molar-refractivity contribution is 7.94. The van der Waals surface area contributed by atoms with E-state index in [9.17, 15) is 9.00 Å². The first-order valence-electron chi connectivity index (χ1n) is 12.1. The average molecular weight is 538 g/mol. The maximum atomic E-state index is 13.6. The third-order valence-corrected chi connectivity index (χ3v) is 10.0. The van der Waals surface area contributed by atoms with Crippen LogP contribution in [0.1, 0.15) is 41.3 Å². The van der Waals surface area contributed by atoms with Gasteiger partial charge in [0.1, 0.15) is 23.6 Å². The summed E-state index contributed by atoms with van der Waals surface area (Å²) in [6.07, 6.45) is 3.15. The summed E-state index contributed by atoms with van der Waals surface area (Å²) >= 11 is 6.73. The van der Waals surface area contributed by atoms with Crippen molar-refractivity contribution >= 4 is 43.6 Å². The van der Waals surface area contributed by atoms with Crippen LogP contribution < -0.4 is 9.47 Å². The highest BCUT2D eigenvalue weighted by Gasteiger charge is 2.29. The molecule has 4 aromatic rings. The second-order valence-corrected chi connectivity index (χ2v) is 12.4. The van der Waals surface area contributed by atoms with Crippen LogP contribution in [0.2, 0.25) is 5.02 Å². The summed E-state index contributed by atoms with van der Waals surface area (Å²) in [5.74, 6) is 0.850. The van der Waals surface area contributed by atoms with E-state index in [-0.39, 0.29) is 39.5 Å². The first-order valence-corrected chi connectivity index (χ1v) is 14.2. The number of hydrogen-bond acceptors (Lipinski definition) is 6. The van der Waals surface area contributed by atoms with Crippen molar-refractivity contribution in [1.82, 2.24) is 9.78 Å². The van der Waals surface area contributed by atoms with Crippen molar-refractivity contribution in [2.45, 2.75) is 31.6 Å². The molecule has 192 valence electrons. The molecule has 3 aromatic carbocycles. The Hall–Kier alpha value is -3.36. The second kappa shape index (κ2) is 10.2. The molecule has 9 heteroatoms. The number of halogens is 1. The molecule has 0 bridgehead atoms. The van der Waals surface area contributed by atoms with E-state index in [0.717, 1.165) is 29.2 Å². The molecule has 1 aliphatic heterocycles. The number of fused-ring (bicyclic) bond motifs is 1. The van der Waals surface area contributed by atoms with Crippen molar-refractivity contribution in [2.24, 2.45) is 11.4 Å². The van der Waals surface area contributed by atoms with Gasteiger partial charge in [0.2, 0.25) is 11.7 Å². The Labute approximate surface area is 221 Å². The Morgan fingerprint density at radius 3 is 2.68 bits per heavy atom. The van der Waals surface area contributed by atoms with Gasteiger partial charge in [-0.05, 0) is 54.3 Å². The van der Waals surface area contributed by atoms with Gasteiger partial charge in [-0.2, -0.15) is 9.46 Å². The summed E-state index contributed by atoms with van der Waals surface area (Å²) < 4.78 is 31.0. The molecule has 2 heterocycles. The minimum atomic E-state index is -2.50. The van der Waals surface area contributed by atoms with Crippen LogP contribution in [0.15, 0.2) is 65.2 Å². The van der Waals surface area contributed by atoms with Crippen LogP contribution in [0.4, 0.5) is 5.69 Å². The molecule has 37 heavy (non-hydrogen) atoms. The number of methoxy groups -OCH3 is 1. The van der Waals surface area contributed by atoms with Gasteiger partial charge in [0.05, 0.1) is 28.1 Å². The number of ketones is 1. The molecule has 0 spiro atoms. The van der Waals surface area contributed by atoms with Crippen LogP contribution in [-0.4, -0.2) is 37.9 Å². The number of rotatable bonds is 7. The topological polar surface area (TPSA) is 82.8 Å². The van der Waals surface area contributed by atoms with Gasteiger partial charge in [0.25, 0.3) is 0 Å². The number of aryl methyl sites for hydroxylation is 1. The fourth-order valence-electron chi connectivity index (χ4n) is 4.60. The molecule has 1 saturated heterocycles. The van der Waals surface area contributed by atoms with Crippen molar-refractivity contribution < 1.29 is 18.5 Å². The lowest BCUT2D eigenvalue weighted by Gasteiger charge is -2.14. The SMILES string of the molecule is COc1ccc(C(=O)c2cnn(C)c2OCc2ccc3ccccc3c2)c(Cl)c1N=S1(=O)CCCC1C. The molecule has 0 aliphatic carbocycles. The van der Waals surface area contributed by atoms with E-state index < -0.39 is 9.73 Å². The molecule has 2 atom stereocenters. The van der Waals surface area contributed by atoms with E-state index in [1.54, 1.807) is 19.2 Å². The quantitative estimate of drug-likeness (QED) is 0.257. The largest absolute Gasteiger partial charge is 0.494 e. The van der Waals surface area contributed by atoms with Gasteiger partial charge < -0.3 is 9.47 Å². The van der Waals surface area contributed by atoms with Crippen molar-refractivity contribution in [3.05, 3.63) is 82.5 Å². The van der Waals surface area contributed by atoms with Gasteiger partial charge in [0, 0.05) is 23.6 Å². The first-order chi connectivity index (χ1) is 17.8. The number of aromatic nitrogens is 2. The monoisotopic (exact) mass is 537 g/mol. The normalized spacial score (nSPS) is 19.2. The van der Waals surface area contributed by atoms with E-state index in [2.05, 4.69) is 21.6 Å². The predicted molar refractivity (Wildman–Crippen MR) is 147 cm³/mol. The van der Waals surface area contributed by atoms with Gasteiger partial charge in [-0.25, -0.2) is 8.89 Å². The molecule has 1 aromatic heterocycles. The molecule has 1 aliphatic rings. The minimum absolute atomic E-state index is 0.0546. The van der Waals surface area contributed by atoms with Crippen LogP contribution >= 0.6 is 11.6 Å². The number of nitrogens with zero attached hydrogens (tertiary/aromatic N) is 3. The molecular weight excluding hydrogens is 510 g/mol. The number of benzene rings is 3. The number of ether oxygens (including phenoxy) is 2. The summed E-state index contributed by atoms with van der Waals surface area (Å²) in [5.41, 5.74) is 1.71. The summed E-state index contributed by atoms with van der Waals surface area (Å²) in [4.78, 5) is 13.6. The third-order valence-electron chi connectivity index (χ3n) is 6.78. The predicted octanol–water partition coefficient (Wildman–Crippen LogP) is 6.33. The zero-order valence-electron chi connectivity index (χ0n) is 20.9. The Morgan fingerprint density at radius 2 is 1.95 bits per heavy atom. The molecule has 5 rings (SSSR count). The molecule has 0 N–H and O–H groups in total. The molecule has 0 amide bonds. The number of carbonyl (C=O) groups excluding carboxylic acids is 1. The summed E-state index contributed by atoms with van der Waals surface area (Å²) in [6.45, 7) is 2.20. The molecule has 7 nitrogen and oxygen atoms in total. The average Bonchev–Trinajstić information content (AvgIpc) is 3.44. The summed E-state index contributed by atoms with van der Waals surface area (Å²) in [5, 5.41) is 6.56. The lowest BCUT2D eigenvalue weighted by Crippen LogP contribution is -2.11. The van der Waals surface area contributed by atoms with Gasteiger partial charge in [0.15, 0.2) is 0 Å². The van der Waals surface area contributed by atoms with E-state index in [1.165, 1.54) is 18.0 Å². The van der Waals surface area contributed by atoms with Gasteiger partial charge in [-0.3, -0.25) is 4.79 Å². The Balaban J connectivity index is 1.47. The standard InChI is InChI=1S/C28H28ClN3O4S/c1-18-7-6-14-37(18,34)31-26-24(35-3)13-12-22(25(26)29)27(33)23-16-30-32(2)28(23)36-17-19-10-11-20-8-4-5-9-21(20)15-19/h4-5,8-13,15-16,18H,6-7,14,17H2,1-3H3. The van der Waals surface area contributed by atoms with E-state index in [1.807, 2.05) is 37.3 Å². The number of hydrogen-bond donors (Lipinski definition) is 0. The van der Waals surface area contributed by atoms with Crippen molar-refractivity contribution in [3.8, 4) is 11.6 Å². The third kappa shape index (κ3) is 4.83. The highest BCUT2D eigenvalue weighted by atomic mass is 35.5. The van der Waals surface area contributed by atoms with E-state index in [4.69, 9.17) is 21.1 Å². The molecule has 1 fully saturated rings. The Morgan fingerprint density at radius 1 is 1.16 bits per heavy atom. The van der Waals surface area contributed by atoms with Crippen LogP contribution in [0.25, 0.3) is 10.8 Å². The molecule has 0 radical (unpaired) electrons. The molecule has 2 unspecified atom stereocenters. The maximum absolute atomic E-state index is 13.6. The fourth-order valence-corrected chi connectivity index (χ4v) is 7.22. The van der Waals surface area contributed by atoms with E-state index >= 15 is 0 Å². The fraction of sp³-hybridized carbons (Fsp3) is 0.286. The maximum Gasteiger partial charge on any atom is 0.223 e. The minimum Gasteiger partial charge on any atom is -0.494 e. The second-order valence-electron chi connectivity index (χ2n) is 9.20. The summed E-state index contributed by atoms with van der Waals surface area (Å²) in [7, 11) is 0.716. The lowest BCUT2D eigenvalue weighted by molar-refractivity contribution is 0.103.